The first-order valence-corrected chi connectivity index (χ1v) is 6.68. The molecule has 4 heteroatoms. The van der Waals surface area contributed by atoms with Gasteiger partial charge in [-0.25, -0.2) is 0 Å². The third kappa shape index (κ3) is 5.12. The van der Waals surface area contributed by atoms with Crippen LogP contribution in [0.15, 0.2) is 29.2 Å². The molecule has 1 unspecified atom stereocenters. The van der Waals surface area contributed by atoms with Crippen LogP contribution in [0.1, 0.15) is 13.3 Å². The Morgan fingerprint density at radius 3 is 2.65 bits per heavy atom. The first-order valence-electron chi connectivity index (χ1n) is 5.70. The first kappa shape index (κ1) is 13.9. The summed E-state index contributed by atoms with van der Waals surface area (Å²) < 4.78 is 5.10. The minimum Gasteiger partial charge on any atom is -0.497 e. The first-order chi connectivity index (χ1) is 8.30. The lowest BCUT2D eigenvalue weighted by Gasteiger charge is -2.09. The largest absolute Gasteiger partial charge is 0.497 e. The number of nitriles is 1. The second kappa shape index (κ2) is 7.99. The zero-order valence-corrected chi connectivity index (χ0v) is 11.1. The quantitative estimate of drug-likeness (QED) is 0.756. The monoisotopic (exact) mass is 250 g/mol. The summed E-state index contributed by atoms with van der Waals surface area (Å²) in [6.45, 7) is 2.85. The summed E-state index contributed by atoms with van der Waals surface area (Å²) in [6.07, 6.45) is 0.862. The van der Waals surface area contributed by atoms with Gasteiger partial charge in [0, 0.05) is 10.6 Å². The molecule has 0 saturated heterocycles. The minimum atomic E-state index is -0.0363. The molecular weight excluding hydrogens is 232 g/mol. The van der Waals surface area contributed by atoms with Crippen LogP contribution in [0.2, 0.25) is 0 Å². The highest BCUT2D eigenvalue weighted by Crippen LogP contribution is 2.22. The molecule has 0 heterocycles. The van der Waals surface area contributed by atoms with E-state index in [9.17, 15) is 0 Å². The highest BCUT2D eigenvalue weighted by Gasteiger charge is 2.04. The van der Waals surface area contributed by atoms with Crippen LogP contribution in [0.25, 0.3) is 0 Å². The maximum Gasteiger partial charge on any atom is 0.118 e. The molecule has 0 aromatic heterocycles. The summed E-state index contributed by atoms with van der Waals surface area (Å²) >= 11 is 1.76. The molecule has 1 rings (SSSR count). The summed E-state index contributed by atoms with van der Waals surface area (Å²) in [5.41, 5.74) is 0. The van der Waals surface area contributed by atoms with Gasteiger partial charge in [0.1, 0.15) is 5.75 Å². The Kier molecular flexibility index (Phi) is 6.53. The van der Waals surface area contributed by atoms with Gasteiger partial charge in [-0.2, -0.15) is 5.26 Å². The van der Waals surface area contributed by atoms with Gasteiger partial charge >= 0.3 is 0 Å². The van der Waals surface area contributed by atoms with E-state index >= 15 is 0 Å². The van der Waals surface area contributed by atoms with Gasteiger partial charge in [0.05, 0.1) is 19.2 Å². The van der Waals surface area contributed by atoms with Gasteiger partial charge in [-0.15, -0.1) is 11.8 Å². The molecule has 0 radical (unpaired) electrons. The lowest BCUT2D eigenvalue weighted by atomic mass is 10.2. The highest BCUT2D eigenvalue weighted by molar-refractivity contribution is 7.99. The van der Waals surface area contributed by atoms with Crippen molar-refractivity contribution in [2.75, 3.05) is 19.4 Å². The number of nitrogens with zero attached hydrogens (tertiary/aromatic N) is 1. The van der Waals surface area contributed by atoms with Crippen LogP contribution >= 0.6 is 11.8 Å². The van der Waals surface area contributed by atoms with E-state index in [4.69, 9.17) is 10.00 Å². The summed E-state index contributed by atoms with van der Waals surface area (Å²) in [5, 5.41) is 12.0. The fraction of sp³-hybridized carbons (Fsp3) is 0.462. The van der Waals surface area contributed by atoms with Crippen LogP contribution in [-0.4, -0.2) is 25.4 Å². The average Bonchev–Trinajstić information content (AvgIpc) is 2.38. The predicted molar refractivity (Wildman–Crippen MR) is 71.4 cm³/mol. The Morgan fingerprint density at radius 2 is 2.12 bits per heavy atom. The Morgan fingerprint density at radius 1 is 1.41 bits per heavy atom. The van der Waals surface area contributed by atoms with Crippen LogP contribution in [0, 0.1) is 11.3 Å². The van der Waals surface area contributed by atoms with Crippen molar-refractivity contribution >= 4 is 11.8 Å². The van der Waals surface area contributed by atoms with E-state index in [0.717, 1.165) is 24.5 Å². The van der Waals surface area contributed by atoms with Crippen molar-refractivity contribution < 1.29 is 4.74 Å². The van der Waals surface area contributed by atoms with Crippen molar-refractivity contribution in [3.63, 3.8) is 0 Å². The topological polar surface area (TPSA) is 45.0 Å². The molecule has 0 saturated carbocycles. The van der Waals surface area contributed by atoms with Crippen LogP contribution in [0.3, 0.4) is 0 Å². The third-order valence-electron chi connectivity index (χ3n) is 2.34. The van der Waals surface area contributed by atoms with Crippen LogP contribution in [0.4, 0.5) is 0 Å². The van der Waals surface area contributed by atoms with Crippen molar-refractivity contribution in [1.29, 1.82) is 5.26 Å². The molecule has 0 amide bonds. The molecular formula is C13H18N2OS. The van der Waals surface area contributed by atoms with Crippen molar-refractivity contribution in [3.8, 4) is 11.8 Å². The third-order valence-corrected chi connectivity index (χ3v) is 3.39. The van der Waals surface area contributed by atoms with E-state index in [1.54, 1.807) is 18.9 Å². The van der Waals surface area contributed by atoms with Gasteiger partial charge in [-0.05, 0) is 37.2 Å². The minimum absolute atomic E-state index is 0.0363. The van der Waals surface area contributed by atoms with Crippen molar-refractivity contribution in [1.82, 2.24) is 5.32 Å². The van der Waals surface area contributed by atoms with E-state index < -0.39 is 0 Å². The SMILES string of the molecule is CCNC(C#N)CCSc1ccc(OC)cc1. The summed E-state index contributed by atoms with van der Waals surface area (Å²) in [4.78, 5) is 1.21. The van der Waals surface area contributed by atoms with Crippen LogP contribution < -0.4 is 10.1 Å². The fourth-order valence-electron chi connectivity index (χ4n) is 1.43. The number of nitrogens with one attached hydrogen (secondary N) is 1. The molecule has 0 aliphatic carbocycles. The molecule has 3 nitrogen and oxygen atoms in total. The van der Waals surface area contributed by atoms with Gasteiger partial charge in [-0.3, -0.25) is 0 Å². The molecule has 0 spiro atoms. The Hall–Kier alpha value is -1.18. The molecule has 0 aliphatic rings. The Labute approximate surface area is 107 Å². The van der Waals surface area contributed by atoms with Crippen LogP contribution in [-0.2, 0) is 0 Å². The van der Waals surface area contributed by atoms with Gasteiger partial charge in [-0.1, -0.05) is 6.92 Å². The summed E-state index contributed by atoms with van der Waals surface area (Å²) in [6, 6.07) is 10.2. The fourth-order valence-corrected chi connectivity index (χ4v) is 2.34. The summed E-state index contributed by atoms with van der Waals surface area (Å²) in [5.74, 6) is 1.81. The lowest BCUT2D eigenvalue weighted by molar-refractivity contribution is 0.414. The van der Waals surface area contributed by atoms with E-state index in [1.165, 1.54) is 4.90 Å². The highest BCUT2D eigenvalue weighted by atomic mass is 32.2. The number of thioether (sulfide) groups is 1. The number of benzene rings is 1. The van der Waals surface area contributed by atoms with E-state index in [-0.39, 0.29) is 6.04 Å². The standard InChI is InChI=1S/C13H18N2OS/c1-3-15-11(10-14)8-9-17-13-6-4-12(16-2)5-7-13/h4-7,11,15H,3,8-9H2,1-2H3. The number of rotatable bonds is 7. The zero-order valence-electron chi connectivity index (χ0n) is 10.3. The maximum atomic E-state index is 8.88. The second-order valence-electron chi connectivity index (χ2n) is 3.55. The van der Waals surface area contributed by atoms with Crippen molar-refractivity contribution in [2.24, 2.45) is 0 Å². The smallest absolute Gasteiger partial charge is 0.118 e. The number of hydrogen-bond acceptors (Lipinski definition) is 4. The van der Waals surface area contributed by atoms with Crippen molar-refractivity contribution in [2.45, 2.75) is 24.3 Å². The number of ether oxygens (including phenoxy) is 1. The van der Waals surface area contributed by atoms with E-state index in [2.05, 4.69) is 11.4 Å². The molecule has 0 fully saturated rings. The summed E-state index contributed by atoms with van der Waals surface area (Å²) in [7, 11) is 1.66. The number of hydrogen-bond donors (Lipinski definition) is 1. The molecule has 1 aromatic carbocycles. The Balaban J connectivity index is 2.32. The molecule has 92 valence electrons. The molecule has 1 atom stereocenters. The second-order valence-corrected chi connectivity index (χ2v) is 4.72. The van der Waals surface area contributed by atoms with Crippen molar-refractivity contribution in [3.05, 3.63) is 24.3 Å². The molecule has 0 bridgehead atoms. The van der Waals surface area contributed by atoms with Gasteiger partial charge in [0.25, 0.3) is 0 Å². The van der Waals surface area contributed by atoms with E-state index in [1.807, 2.05) is 31.2 Å². The molecule has 17 heavy (non-hydrogen) atoms. The van der Waals surface area contributed by atoms with Crippen LogP contribution in [0.5, 0.6) is 5.75 Å². The van der Waals surface area contributed by atoms with Gasteiger partial charge in [0.2, 0.25) is 0 Å². The number of methoxy groups -OCH3 is 1. The van der Waals surface area contributed by atoms with Gasteiger partial charge in [0.15, 0.2) is 0 Å². The van der Waals surface area contributed by atoms with Gasteiger partial charge < -0.3 is 10.1 Å². The molecule has 1 N–H and O–H groups in total. The average molecular weight is 250 g/mol. The lowest BCUT2D eigenvalue weighted by Crippen LogP contribution is -2.27. The Bertz CT molecular complexity index is 359. The normalized spacial score (nSPS) is 11.8. The molecule has 0 aliphatic heterocycles. The predicted octanol–water partition coefficient (Wildman–Crippen LogP) is 2.68. The maximum absolute atomic E-state index is 8.88. The zero-order chi connectivity index (χ0) is 12.5. The molecule has 1 aromatic rings. The van der Waals surface area contributed by atoms with E-state index in [0.29, 0.717) is 0 Å².